The predicted molar refractivity (Wildman–Crippen MR) is 99.5 cm³/mol. The summed E-state index contributed by atoms with van der Waals surface area (Å²) >= 11 is 0. The SMILES string of the molecule is COc1ccc(OC)c(NC(=O)CN(Cc2ccco2)C2CCCC2)c1. The molecule has 1 N–H and O–H groups in total. The maximum absolute atomic E-state index is 12.7. The average molecular weight is 358 g/mol. The van der Waals surface area contributed by atoms with Crippen molar-refractivity contribution in [3.63, 3.8) is 0 Å². The Balaban J connectivity index is 1.69. The zero-order valence-electron chi connectivity index (χ0n) is 15.4. The molecule has 1 aromatic heterocycles. The Kier molecular flexibility index (Phi) is 6.17. The second-order valence-electron chi connectivity index (χ2n) is 6.54. The first-order valence-electron chi connectivity index (χ1n) is 8.98. The second-order valence-corrected chi connectivity index (χ2v) is 6.54. The lowest BCUT2D eigenvalue weighted by Crippen LogP contribution is -2.39. The van der Waals surface area contributed by atoms with Gasteiger partial charge in [0.05, 0.1) is 39.3 Å². The van der Waals surface area contributed by atoms with E-state index < -0.39 is 0 Å². The van der Waals surface area contributed by atoms with E-state index in [1.807, 2.05) is 12.1 Å². The Bertz CT molecular complexity index is 709. The molecule has 1 aromatic carbocycles. The molecule has 1 fully saturated rings. The van der Waals surface area contributed by atoms with E-state index in [1.165, 1.54) is 12.8 Å². The summed E-state index contributed by atoms with van der Waals surface area (Å²) in [5.74, 6) is 2.08. The molecular formula is C20H26N2O4. The summed E-state index contributed by atoms with van der Waals surface area (Å²) < 4.78 is 16.1. The van der Waals surface area contributed by atoms with Gasteiger partial charge in [-0.05, 0) is 37.1 Å². The number of nitrogens with zero attached hydrogens (tertiary/aromatic N) is 1. The highest BCUT2D eigenvalue weighted by molar-refractivity contribution is 5.94. The lowest BCUT2D eigenvalue weighted by Gasteiger charge is -2.27. The fourth-order valence-electron chi connectivity index (χ4n) is 3.47. The fraction of sp³-hybridized carbons (Fsp3) is 0.450. The number of rotatable bonds is 8. The van der Waals surface area contributed by atoms with E-state index in [0.29, 0.717) is 36.3 Å². The zero-order chi connectivity index (χ0) is 18.4. The van der Waals surface area contributed by atoms with Gasteiger partial charge in [-0.15, -0.1) is 0 Å². The highest BCUT2D eigenvalue weighted by Gasteiger charge is 2.25. The Morgan fingerprint density at radius 3 is 2.69 bits per heavy atom. The molecule has 26 heavy (non-hydrogen) atoms. The standard InChI is InChI=1S/C20H26N2O4/c1-24-16-9-10-19(25-2)18(12-16)21-20(23)14-22(15-6-3-4-7-15)13-17-8-5-11-26-17/h5,8-12,15H,3-4,6-7,13-14H2,1-2H3,(H,21,23). The predicted octanol–water partition coefficient (Wildman–Crippen LogP) is 3.68. The average Bonchev–Trinajstić information content (AvgIpc) is 3.35. The van der Waals surface area contributed by atoms with Gasteiger partial charge in [0.25, 0.3) is 0 Å². The van der Waals surface area contributed by atoms with Gasteiger partial charge >= 0.3 is 0 Å². The number of benzene rings is 1. The van der Waals surface area contributed by atoms with Crippen molar-refractivity contribution in [1.82, 2.24) is 4.90 Å². The minimum Gasteiger partial charge on any atom is -0.497 e. The molecule has 1 heterocycles. The maximum Gasteiger partial charge on any atom is 0.238 e. The van der Waals surface area contributed by atoms with Gasteiger partial charge in [-0.25, -0.2) is 0 Å². The summed E-state index contributed by atoms with van der Waals surface area (Å²) in [5, 5.41) is 2.95. The molecule has 1 saturated carbocycles. The van der Waals surface area contributed by atoms with Gasteiger partial charge in [0.1, 0.15) is 17.3 Å². The van der Waals surface area contributed by atoms with Crippen LogP contribution in [0.4, 0.5) is 5.69 Å². The number of furan rings is 1. The Labute approximate surface area is 154 Å². The minimum absolute atomic E-state index is 0.0741. The summed E-state index contributed by atoms with van der Waals surface area (Å²) in [6.07, 6.45) is 6.34. The summed E-state index contributed by atoms with van der Waals surface area (Å²) in [6.45, 7) is 0.950. The summed E-state index contributed by atoms with van der Waals surface area (Å²) in [7, 11) is 3.18. The zero-order valence-corrected chi connectivity index (χ0v) is 15.4. The monoisotopic (exact) mass is 358 g/mol. The third-order valence-electron chi connectivity index (χ3n) is 4.81. The smallest absolute Gasteiger partial charge is 0.238 e. The van der Waals surface area contributed by atoms with Crippen molar-refractivity contribution >= 4 is 11.6 Å². The highest BCUT2D eigenvalue weighted by Crippen LogP contribution is 2.29. The van der Waals surface area contributed by atoms with Crippen LogP contribution in [-0.4, -0.2) is 37.6 Å². The number of anilines is 1. The first-order valence-corrected chi connectivity index (χ1v) is 8.98. The molecule has 3 rings (SSSR count). The van der Waals surface area contributed by atoms with Crippen LogP contribution in [0.3, 0.4) is 0 Å². The second kappa shape index (κ2) is 8.76. The quantitative estimate of drug-likeness (QED) is 0.780. The Hall–Kier alpha value is -2.47. The van der Waals surface area contributed by atoms with Crippen molar-refractivity contribution in [2.75, 3.05) is 26.1 Å². The van der Waals surface area contributed by atoms with Crippen LogP contribution in [0.2, 0.25) is 0 Å². The number of amides is 1. The number of methoxy groups -OCH3 is 2. The molecule has 1 aliphatic carbocycles. The largest absolute Gasteiger partial charge is 0.497 e. The van der Waals surface area contributed by atoms with E-state index in [1.54, 1.807) is 38.7 Å². The number of hydrogen-bond acceptors (Lipinski definition) is 5. The molecule has 0 saturated heterocycles. The van der Waals surface area contributed by atoms with E-state index in [9.17, 15) is 4.79 Å². The van der Waals surface area contributed by atoms with Crippen LogP contribution in [0, 0.1) is 0 Å². The van der Waals surface area contributed by atoms with Gasteiger partial charge < -0.3 is 19.2 Å². The third-order valence-corrected chi connectivity index (χ3v) is 4.81. The summed E-state index contributed by atoms with van der Waals surface area (Å²) in [4.78, 5) is 14.9. The van der Waals surface area contributed by atoms with E-state index in [4.69, 9.17) is 13.9 Å². The number of ether oxygens (including phenoxy) is 2. The number of carbonyl (C=O) groups is 1. The number of nitrogens with one attached hydrogen (secondary N) is 1. The lowest BCUT2D eigenvalue weighted by molar-refractivity contribution is -0.118. The van der Waals surface area contributed by atoms with E-state index in [-0.39, 0.29) is 5.91 Å². The third kappa shape index (κ3) is 4.58. The van der Waals surface area contributed by atoms with Crippen LogP contribution in [0.5, 0.6) is 11.5 Å². The first-order chi connectivity index (χ1) is 12.7. The van der Waals surface area contributed by atoms with Crippen molar-refractivity contribution in [2.45, 2.75) is 38.3 Å². The molecule has 0 spiro atoms. The van der Waals surface area contributed by atoms with E-state index in [2.05, 4.69) is 10.2 Å². The maximum atomic E-state index is 12.7. The topological polar surface area (TPSA) is 63.9 Å². The molecule has 6 heteroatoms. The molecule has 0 atom stereocenters. The van der Waals surface area contributed by atoms with Crippen LogP contribution in [0.15, 0.2) is 41.0 Å². The molecule has 1 aliphatic rings. The number of carbonyl (C=O) groups excluding carboxylic acids is 1. The van der Waals surface area contributed by atoms with Crippen molar-refractivity contribution in [2.24, 2.45) is 0 Å². The van der Waals surface area contributed by atoms with Crippen LogP contribution >= 0.6 is 0 Å². The molecule has 2 aromatic rings. The molecule has 0 aliphatic heterocycles. The van der Waals surface area contributed by atoms with Gasteiger partial charge in [-0.2, -0.15) is 0 Å². The van der Waals surface area contributed by atoms with Crippen molar-refractivity contribution in [3.8, 4) is 11.5 Å². The van der Waals surface area contributed by atoms with Crippen LogP contribution in [0.1, 0.15) is 31.4 Å². The molecule has 0 radical (unpaired) electrons. The molecule has 6 nitrogen and oxygen atoms in total. The Morgan fingerprint density at radius 2 is 2.04 bits per heavy atom. The van der Waals surface area contributed by atoms with Gasteiger partial charge in [-0.3, -0.25) is 9.69 Å². The van der Waals surface area contributed by atoms with Gasteiger partial charge in [0.2, 0.25) is 5.91 Å². The Morgan fingerprint density at radius 1 is 1.23 bits per heavy atom. The number of hydrogen-bond donors (Lipinski definition) is 1. The molecular weight excluding hydrogens is 332 g/mol. The first kappa shape index (κ1) is 18.3. The van der Waals surface area contributed by atoms with Crippen LogP contribution in [-0.2, 0) is 11.3 Å². The van der Waals surface area contributed by atoms with Crippen LogP contribution in [0.25, 0.3) is 0 Å². The van der Waals surface area contributed by atoms with Gasteiger partial charge in [0.15, 0.2) is 0 Å². The van der Waals surface area contributed by atoms with Gasteiger partial charge in [-0.1, -0.05) is 12.8 Å². The molecule has 1 amide bonds. The summed E-state index contributed by atoms with van der Waals surface area (Å²) in [6, 6.07) is 9.60. The van der Waals surface area contributed by atoms with Crippen LogP contribution < -0.4 is 14.8 Å². The molecule has 0 unspecified atom stereocenters. The van der Waals surface area contributed by atoms with Crippen molar-refractivity contribution in [1.29, 1.82) is 0 Å². The molecule has 140 valence electrons. The minimum atomic E-state index is -0.0741. The van der Waals surface area contributed by atoms with Crippen molar-refractivity contribution < 1.29 is 18.7 Å². The fourth-order valence-corrected chi connectivity index (χ4v) is 3.47. The summed E-state index contributed by atoms with van der Waals surface area (Å²) in [5.41, 5.74) is 0.612. The normalized spacial score (nSPS) is 14.6. The van der Waals surface area contributed by atoms with E-state index in [0.717, 1.165) is 18.6 Å². The van der Waals surface area contributed by atoms with Gasteiger partial charge in [0, 0.05) is 12.1 Å². The molecule has 0 bridgehead atoms. The lowest BCUT2D eigenvalue weighted by atomic mass is 10.2. The van der Waals surface area contributed by atoms with Crippen molar-refractivity contribution in [3.05, 3.63) is 42.4 Å². The highest BCUT2D eigenvalue weighted by atomic mass is 16.5. The van der Waals surface area contributed by atoms with E-state index >= 15 is 0 Å².